The molecule has 0 saturated carbocycles. The van der Waals surface area contributed by atoms with E-state index >= 15 is 0 Å². The molecule has 22 heavy (non-hydrogen) atoms. The molecule has 0 aliphatic carbocycles. The highest BCUT2D eigenvalue weighted by Crippen LogP contribution is 2.28. The minimum atomic E-state index is -0.483. The number of esters is 1. The van der Waals surface area contributed by atoms with Crippen molar-refractivity contribution in [2.45, 2.75) is 6.92 Å². The summed E-state index contributed by atoms with van der Waals surface area (Å²) in [6.45, 7) is 2.11. The molecule has 0 spiro atoms. The molecule has 1 aromatic carbocycles. The van der Waals surface area contributed by atoms with Gasteiger partial charge in [-0.25, -0.2) is 9.59 Å². The van der Waals surface area contributed by atoms with Gasteiger partial charge in [0.05, 0.1) is 28.9 Å². The molecule has 118 valence electrons. The fourth-order valence-corrected chi connectivity index (χ4v) is 2.61. The number of nitrogens with one attached hydrogen (secondary N) is 2. The average molecular weight is 390 g/mol. The predicted molar refractivity (Wildman–Crippen MR) is 84.8 cm³/mol. The molecular formula is C14H14BrClN2O4. The van der Waals surface area contributed by atoms with Crippen molar-refractivity contribution >= 4 is 39.5 Å². The second kappa shape index (κ2) is 7.51. The monoisotopic (exact) mass is 388 g/mol. The molecule has 2 rings (SSSR count). The van der Waals surface area contributed by atoms with Gasteiger partial charge in [0.25, 0.3) is 0 Å². The summed E-state index contributed by atoms with van der Waals surface area (Å²) in [6, 6.07) is 4.68. The Bertz CT molecular complexity index is 633. The predicted octanol–water partition coefficient (Wildman–Crippen LogP) is 2.61. The van der Waals surface area contributed by atoms with E-state index in [-0.39, 0.29) is 25.8 Å². The van der Waals surface area contributed by atoms with E-state index in [0.717, 1.165) is 0 Å². The van der Waals surface area contributed by atoms with Gasteiger partial charge >= 0.3 is 12.0 Å². The van der Waals surface area contributed by atoms with E-state index in [9.17, 15) is 9.59 Å². The first-order chi connectivity index (χ1) is 10.5. The third kappa shape index (κ3) is 4.14. The first-order valence-electron chi connectivity index (χ1n) is 6.53. The second-order valence-electron chi connectivity index (χ2n) is 4.35. The molecule has 0 saturated heterocycles. The molecule has 1 aliphatic rings. The van der Waals surface area contributed by atoms with E-state index in [1.54, 1.807) is 25.1 Å². The zero-order valence-corrected chi connectivity index (χ0v) is 14.1. The smallest absolute Gasteiger partial charge is 0.337 e. The summed E-state index contributed by atoms with van der Waals surface area (Å²) in [5.41, 5.74) is 0.718. The summed E-state index contributed by atoms with van der Waals surface area (Å²) in [6.07, 6.45) is 0. The molecule has 0 radical (unpaired) electrons. The SMILES string of the molecule is CCOC(=O)C1=C(COc2ccc(Cl)cc2Br)NC(=O)NC1. The molecule has 0 atom stereocenters. The Balaban J connectivity index is 2.15. The van der Waals surface area contributed by atoms with Crippen LogP contribution in [0.25, 0.3) is 0 Å². The zero-order valence-electron chi connectivity index (χ0n) is 11.7. The second-order valence-corrected chi connectivity index (χ2v) is 5.64. The first-order valence-corrected chi connectivity index (χ1v) is 7.70. The Kier molecular flexibility index (Phi) is 5.68. The number of rotatable bonds is 5. The van der Waals surface area contributed by atoms with Crippen LogP contribution >= 0.6 is 27.5 Å². The number of hydrogen-bond donors (Lipinski definition) is 2. The Labute approximate surface area is 140 Å². The van der Waals surface area contributed by atoms with Gasteiger partial charge in [0, 0.05) is 5.02 Å². The lowest BCUT2D eigenvalue weighted by molar-refractivity contribution is -0.138. The van der Waals surface area contributed by atoms with E-state index in [4.69, 9.17) is 21.1 Å². The van der Waals surface area contributed by atoms with Crippen molar-refractivity contribution in [1.82, 2.24) is 10.6 Å². The molecule has 6 nitrogen and oxygen atoms in total. The molecule has 8 heteroatoms. The van der Waals surface area contributed by atoms with Crippen LogP contribution in [0.5, 0.6) is 5.75 Å². The number of ether oxygens (including phenoxy) is 2. The number of carbonyl (C=O) groups is 2. The summed E-state index contributed by atoms with van der Waals surface area (Å²) < 4.78 is 11.3. The van der Waals surface area contributed by atoms with Crippen LogP contribution in [0.1, 0.15) is 6.92 Å². The van der Waals surface area contributed by atoms with Gasteiger partial charge in [0.1, 0.15) is 12.4 Å². The fraction of sp³-hybridized carbons (Fsp3) is 0.286. The number of halogens is 2. The van der Waals surface area contributed by atoms with Crippen LogP contribution in [0.4, 0.5) is 4.79 Å². The fourth-order valence-electron chi connectivity index (χ4n) is 1.81. The Hall–Kier alpha value is -1.73. The van der Waals surface area contributed by atoms with Crippen LogP contribution in [0, 0.1) is 0 Å². The topological polar surface area (TPSA) is 76.7 Å². The first kappa shape index (κ1) is 16.6. The van der Waals surface area contributed by atoms with Gasteiger partial charge in [-0.05, 0) is 41.1 Å². The Morgan fingerprint density at radius 1 is 1.45 bits per heavy atom. The van der Waals surface area contributed by atoms with E-state index in [0.29, 0.717) is 26.5 Å². The number of amides is 2. The van der Waals surface area contributed by atoms with Crippen LogP contribution in [-0.4, -0.2) is 31.8 Å². The van der Waals surface area contributed by atoms with Crippen molar-refractivity contribution in [3.63, 3.8) is 0 Å². The zero-order chi connectivity index (χ0) is 16.1. The van der Waals surface area contributed by atoms with Gasteiger partial charge in [-0.2, -0.15) is 0 Å². The molecular weight excluding hydrogens is 376 g/mol. The van der Waals surface area contributed by atoms with Crippen LogP contribution in [-0.2, 0) is 9.53 Å². The van der Waals surface area contributed by atoms with Crippen LogP contribution in [0.3, 0.4) is 0 Å². The van der Waals surface area contributed by atoms with Crippen molar-refractivity contribution in [3.8, 4) is 5.75 Å². The molecule has 0 unspecified atom stereocenters. The molecule has 0 bridgehead atoms. The van der Waals surface area contributed by atoms with Crippen molar-refractivity contribution < 1.29 is 19.1 Å². The van der Waals surface area contributed by atoms with Gasteiger partial charge < -0.3 is 20.1 Å². The third-order valence-electron chi connectivity index (χ3n) is 2.84. The van der Waals surface area contributed by atoms with E-state index < -0.39 is 5.97 Å². The van der Waals surface area contributed by atoms with Crippen LogP contribution in [0.2, 0.25) is 5.02 Å². The van der Waals surface area contributed by atoms with Crippen molar-refractivity contribution in [2.75, 3.05) is 19.8 Å². The molecule has 0 aromatic heterocycles. The summed E-state index contributed by atoms with van der Waals surface area (Å²) in [4.78, 5) is 23.3. The highest BCUT2D eigenvalue weighted by atomic mass is 79.9. The molecule has 1 heterocycles. The third-order valence-corrected chi connectivity index (χ3v) is 3.70. The highest BCUT2D eigenvalue weighted by molar-refractivity contribution is 9.10. The molecule has 2 amide bonds. The van der Waals surface area contributed by atoms with Crippen LogP contribution < -0.4 is 15.4 Å². The van der Waals surface area contributed by atoms with E-state index in [2.05, 4.69) is 26.6 Å². The molecule has 2 N–H and O–H groups in total. The maximum Gasteiger partial charge on any atom is 0.337 e. The van der Waals surface area contributed by atoms with E-state index in [1.165, 1.54) is 0 Å². The van der Waals surface area contributed by atoms with Crippen LogP contribution in [0.15, 0.2) is 33.9 Å². The van der Waals surface area contributed by atoms with Crippen molar-refractivity contribution in [1.29, 1.82) is 0 Å². The van der Waals surface area contributed by atoms with Gasteiger partial charge in [-0.3, -0.25) is 0 Å². The summed E-state index contributed by atoms with van der Waals surface area (Å²) in [5, 5.41) is 5.67. The minimum absolute atomic E-state index is 0.0296. The summed E-state index contributed by atoms with van der Waals surface area (Å²) in [5.74, 6) is 0.0664. The molecule has 1 aromatic rings. The lowest BCUT2D eigenvalue weighted by atomic mass is 10.1. The highest BCUT2D eigenvalue weighted by Gasteiger charge is 2.24. The molecule has 1 aliphatic heterocycles. The maximum atomic E-state index is 11.9. The lowest BCUT2D eigenvalue weighted by Gasteiger charge is -2.21. The van der Waals surface area contributed by atoms with Crippen molar-refractivity contribution in [3.05, 3.63) is 39.0 Å². The van der Waals surface area contributed by atoms with Crippen molar-refractivity contribution in [2.24, 2.45) is 0 Å². The number of carbonyl (C=O) groups excluding carboxylic acids is 2. The Morgan fingerprint density at radius 2 is 2.23 bits per heavy atom. The standard InChI is InChI=1S/C14H14BrClN2O4/c1-2-21-13(19)9-6-17-14(20)18-11(9)7-22-12-4-3-8(16)5-10(12)15/h3-5H,2,6-7H2,1H3,(H2,17,18,20). The largest absolute Gasteiger partial charge is 0.486 e. The normalized spacial score (nSPS) is 14.2. The number of hydrogen-bond acceptors (Lipinski definition) is 4. The number of urea groups is 1. The summed E-state index contributed by atoms with van der Waals surface area (Å²) in [7, 11) is 0. The van der Waals surface area contributed by atoms with Gasteiger partial charge in [-0.1, -0.05) is 11.6 Å². The summed E-state index contributed by atoms with van der Waals surface area (Å²) >= 11 is 9.20. The van der Waals surface area contributed by atoms with Gasteiger partial charge in [0.2, 0.25) is 0 Å². The van der Waals surface area contributed by atoms with Gasteiger partial charge in [-0.15, -0.1) is 0 Å². The average Bonchev–Trinajstić information content (AvgIpc) is 2.46. The maximum absolute atomic E-state index is 11.9. The van der Waals surface area contributed by atoms with E-state index in [1.807, 2.05) is 0 Å². The van der Waals surface area contributed by atoms with Gasteiger partial charge in [0.15, 0.2) is 0 Å². The quantitative estimate of drug-likeness (QED) is 0.759. The number of benzene rings is 1. The minimum Gasteiger partial charge on any atom is -0.486 e. The lowest BCUT2D eigenvalue weighted by Crippen LogP contribution is -2.45. The Morgan fingerprint density at radius 3 is 2.91 bits per heavy atom. The molecule has 0 fully saturated rings.